The number of hydrogen-bond acceptors (Lipinski definition) is 2. The SMILES string of the molecule is COc1ccccc1[C@@H](N)CCC(C)C.Cl. The van der Waals surface area contributed by atoms with E-state index in [4.69, 9.17) is 10.5 Å². The van der Waals surface area contributed by atoms with E-state index in [9.17, 15) is 0 Å². The van der Waals surface area contributed by atoms with Crippen LogP contribution in [0.5, 0.6) is 5.75 Å². The molecule has 0 aliphatic heterocycles. The maximum Gasteiger partial charge on any atom is 0.123 e. The maximum atomic E-state index is 6.14. The first-order valence-electron chi connectivity index (χ1n) is 5.53. The van der Waals surface area contributed by atoms with Crippen molar-refractivity contribution in [3.05, 3.63) is 29.8 Å². The van der Waals surface area contributed by atoms with Gasteiger partial charge in [0.15, 0.2) is 0 Å². The van der Waals surface area contributed by atoms with E-state index in [0.29, 0.717) is 5.92 Å². The largest absolute Gasteiger partial charge is 0.496 e. The summed E-state index contributed by atoms with van der Waals surface area (Å²) in [6.45, 7) is 4.43. The molecule has 2 N–H and O–H groups in total. The molecule has 1 rings (SSSR count). The van der Waals surface area contributed by atoms with Crippen LogP contribution in [0, 0.1) is 5.92 Å². The van der Waals surface area contributed by atoms with E-state index in [1.165, 1.54) is 0 Å². The van der Waals surface area contributed by atoms with Gasteiger partial charge in [0.25, 0.3) is 0 Å². The van der Waals surface area contributed by atoms with Crippen LogP contribution >= 0.6 is 12.4 Å². The third-order valence-corrected chi connectivity index (χ3v) is 2.59. The van der Waals surface area contributed by atoms with Gasteiger partial charge in [-0.15, -0.1) is 12.4 Å². The number of hydrogen-bond donors (Lipinski definition) is 1. The fourth-order valence-corrected chi connectivity index (χ4v) is 1.64. The van der Waals surface area contributed by atoms with E-state index in [1.807, 2.05) is 24.3 Å². The van der Waals surface area contributed by atoms with Crippen LogP contribution < -0.4 is 10.5 Å². The van der Waals surface area contributed by atoms with Crippen LogP contribution in [0.3, 0.4) is 0 Å². The molecular formula is C13H22ClNO. The van der Waals surface area contributed by atoms with Crippen LogP contribution in [0.1, 0.15) is 38.3 Å². The highest BCUT2D eigenvalue weighted by Crippen LogP contribution is 2.26. The van der Waals surface area contributed by atoms with Gasteiger partial charge in [0.05, 0.1) is 7.11 Å². The molecule has 0 amide bonds. The Morgan fingerprint density at radius 3 is 2.38 bits per heavy atom. The van der Waals surface area contributed by atoms with Crippen molar-refractivity contribution in [1.29, 1.82) is 0 Å². The summed E-state index contributed by atoms with van der Waals surface area (Å²) in [5.74, 6) is 1.60. The van der Waals surface area contributed by atoms with Crippen LogP contribution in [0.25, 0.3) is 0 Å². The summed E-state index contributed by atoms with van der Waals surface area (Å²) in [5, 5.41) is 0. The molecule has 0 fully saturated rings. The summed E-state index contributed by atoms with van der Waals surface area (Å²) in [6.07, 6.45) is 2.16. The molecule has 0 aliphatic carbocycles. The molecule has 0 radical (unpaired) electrons. The Balaban J connectivity index is 0.00000225. The Labute approximate surface area is 105 Å². The Morgan fingerprint density at radius 1 is 1.19 bits per heavy atom. The van der Waals surface area contributed by atoms with E-state index >= 15 is 0 Å². The van der Waals surface area contributed by atoms with Crippen LogP contribution in [0.2, 0.25) is 0 Å². The second-order valence-corrected chi connectivity index (χ2v) is 4.32. The molecule has 1 aromatic carbocycles. The van der Waals surface area contributed by atoms with E-state index in [1.54, 1.807) is 7.11 Å². The smallest absolute Gasteiger partial charge is 0.123 e. The molecule has 1 atom stereocenters. The summed E-state index contributed by atoms with van der Waals surface area (Å²) in [4.78, 5) is 0. The molecule has 0 aliphatic rings. The molecule has 16 heavy (non-hydrogen) atoms. The predicted molar refractivity (Wildman–Crippen MR) is 71.2 cm³/mol. The third kappa shape index (κ3) is 4.42. The molecule has 0 heterocycles. The molecule has 0 saturated carbocycles. The zero-order valence-electron chi connectivity index (χ0n) is 10.3. The average Bonchev–Trinajstić information content (AvgIpc) is 2.25. The quantitative estimate of drug-likeness (QED) is 0.859. The summed E-state index contributed by atoms with van der Waals surface area (Å²) >= 11 is 0. The molecule has 0 spiro atoms. The van der Waals surface area contributed by atoms with E-state index in [-0.39, 0.29) is 18.4 Å². The summed E-state index contributed by atoms with van der Waals surface area (Å²) in [5.41, 5.74) is 7.25. The van der Waals surface area contributed by atoms with Crippen molar-refractivity contribution in [3.63, 3.8) is 0 Å². The lowest BCUT2D eigenvalue weighted by molar-refractivity contribution is 0.401. The van der Waals surface area contributed by atoms with Crippen molar-refractivity contribution in [2.45, 2.75) is 32.7 Å². The van der Waals surface area contributed by atoms with Gasteiger partial charge in [0.1, 0.15) is 5.75 Å². The fourth-order valence-electron chi connectivity index (χ4n) is 1.64. The zero-order valence-corrected chi connectivity index (χ0v) is 11.1. The Bertz CT molecular complexity index is 302. The maximum absolute atomic E-state index is 6.14. The molecule has 0 unspecified atom stereocenters. The van der Waals surface area contributed by atoms with Gasteiger partial charge in [-0.3, -0.25) is 0 Å². The number of halogens is 1. The molecule has 0 bridgehead atoms. The molecular weight excluding hydrogens is 222 g/mol. The minimum Gasteiger partial charge on any atom is -0.496 e. The van der Waals surface area contributed by atoms with Gasteiger partial charge >= 0.3 is 0 Å². The van der Waals surface area contributed by atoms with Crippen LogP contribution in [-0.4, -0.2) is 7.11 Å². The zero-order chi connectivity index (χ0) is 11.3. The van der Waals surface area contributed by atoms with Gasteiger partial charge in [0.2, 0.25) is 0 Å². The monoisotopic (exact) mass is 243 g/mol. The van der Waals surface area contributed by atoms with Gasteiger partial charge < -0.3 is 10.5 Å². The van der Waals surface area contributed by atoms with Crippen LogP contribution in [0.15, 0.2) is 24.3 Å². The number of nitrogens with two attached hydrogens (primary N) is 1. The lowest BCUT2D eigenvalue weighted by Gasteiger charge is -2.16. The van der Waals surface area contributed by atoms with Gasteiger partial charge in [-0.1, -0.05) is 32.0 Å². The molecule has 2 nitrogen and oxygen atoms in total. The van der Waals surface area contributed by atoms with E-state index in [0.717, 1.165) is 24.2 Å². The number of methoxy groups -OCH3 is 1. The minimum atomic E-state index is 0. The van der Waals surface area contributed by atoms with Gasteiger partial charge in [-0.05, 0) is 24.8 Å². The molecule has 92 valence electrons. The number of benzene rings is 1. The topological polar surface area (TPSA) is 35.2 Å². The van der Waals surface area contributed by atoms with Crippen molar-refractivity contribution in [2.75, 3.05) is 7.11 Å². The number of ether oxygens (including phenoxy) is 1. The highest BCUT2D eigenvalue weighted by molar-refractivity contribution is 5.85. The van der Waals surface area contributed by atoms with Crippen molar-refractivity contribution in [1.82, 2.24) is 0 Å². The van der Waals surface area contributed by atoms with E-state index < -0.39 is 0 Å². The molecule has 0 aromatic heterocycles. The fraction of sp³-hybridized carbons (Fsp3) is 0.538. The van der Waals surface area contributed by atoms with Gasteiger partial charge in [-0.25, -0.2) is 0 Å². The Hall–Kier alpha value is -0.730. The normalized spacial score (nSPS) is 12.1. The summed E-state index contributed by atoms with van der Waals surface area (Å²) in [7, 11) is 1.69. The standard InChI is InChI=1S/C13H21NO.ClH/c1-10(2)8-9-12(14)11-6-4-5-7-13(11)15-3;/h4-7,10,12H,8-9,14H2,1-3H3;1H/t12-;/m0./s1. The van der Waals surface area contributed by atoms with E-state index in [2.05, 4.69) is 13.8 Å². The first kappa shape index (κ1) is 15.3. The minimum absolute atomic E-state index is 0. The van der Waals surface area contributed by atoms with Crippen molar-refractivity contribution in [2.24, 2.45) is 11.7 Å². The molecule has 3 heteroatoms. The number of para-hydroxylation sites is 1. The average molecular weight is 244 g/mol. The third-order valence-electron chi connectivity index (χ3n) is 2.59. The second-order valence-electron chi connectivity index (χ2n) is 4.32. The van der Waals surface area contributed by atoms with Crippen molar-refractivity contribution in [3.8, 4) is 5.75 Å². The molecule has 0 saturated heterocycles. The van der Waals surface area contributed by atoms with Gasteiger partial charge in [-0.2, -0.15) is 0 Å². The lowest BCUT2D eigenvalue weighted by Crippen LogP contribution is -2.12. The van der Waals surface area contributed by atoms with Crippen LogP contribution in [-0.2, 0) is 0 Å². The first-order chi connectivity index (χ1) is 7.15. The predicted octanol–water partition coefficient (Wildman–Crippen LogP) is 3.55. The highest BCUT2D eigenvalue weighted by Gasteiger charge is 2.11. The Kier molecular flexibility index (Phi) is 7.18. The summed E-state index contributed by atoms with van der Waals surface area (Å²) < 4.78 is 5.29. The van der Waals surface area contributed by atoms with Crippen LogP contribution in [0.4, 0.5) is 0 Å². The van der Waals surface area contributed by atoms with Gasteiger partial charge in [0, 0.05) is 11.6 Å². The van der Waals surface area contributed by atoms with Crippen molar-refractivity contribution >= 4 is 12.4 Å². The molecule has 1 aromatic rings. The first-order valence-corrected chi connectivity index (χ1v) is 5.53. The lowest BCUT2D eigenvalue weighted by atomic mass is 9.98. The second kappa shape index (κ2) is 7.53. The highest BCUT2D eigenvalue weighted by atomic mass is 35.5. The summed E-state index contributed by atoms with van der Waals surface area (Å²) in [6, 6.07) is 8.07. The number of rotatable bonds is 5. The van der Waals surface area contributed by atoms with Crippen molar-refractivity contribution < 1.29 is 4.74 Å². The Morgan fingerprint density at radius 2 is 1.81 bits per heavy atom.